The summed E-state index contributed by atoms with van der Waals surface area (Å²) in [6.45, 7) is 2.44. The van der Waals surface area contributed by atoms with Crippen molar-refractivity contribution < 1.29 is 14.3 Å². The molecule has 4 rings (SSSR count). The van der Waals surface area contributed by atoms with Crippen LogP contribution in [0.1, 0.15) is 34.6 Å². The molecule has 0 fully saturated rings. The minimum absolute atomic E-state index is 0.126. The van der Waals surface area contributed by atoms with E-state index in [0.29, 0.717) is 34.6 Å². The number of hydrogen-bond donors (Lipinski definition) is 2. The molecule has 0 aliphatic carbocycles. The number of hydrogen-bond acceptors (Lipinski definition) is 6. The maximum atomic E-state index is 12.9. The van der Waals surface area contributed by atoms with Crippen molar-refractivity contribution in [3.05, 3.63) is 75.1 Å². The Bertz CT molecular complexity index is 1300. The van der Waals surface area contributed by atoms with Crippen molar-refractivity contribution in [1.82, 2.24) is 9.97 Å². The van der Waals surface area contributed by atoms with Crippen LogP contribution >= 0.6 is 11.8 Å². The van der Waals surface area contributed by atoms with Gasteiger partial charge in [0.25, 0.3) is 5.56 Å². The van der Waals surface area contributed by atoms with Gasteiger partial charge >= 0.3 is 0 Å². The number of nitrogens with zero attached hydrogens (tertiary/aromatic N) is 1. The van der Waals surface area contributed by atoms with Crippen LogP contribution in [0.25, 0.3) is 0 Å². The van der Waals surface area contributed by atoms with Gasteiger partial charge < -0.3 is 19.8 Å². The van der Waals surface area contributed by atoms with Gasteiger partial charge in [0.2, 0.25) is 5.91 Å². The molecule has 0 radical (unpaired) electrons. The van der Waals surface area contributed by atoms with E-state index < -0.39 is 5.92 Å². The molecule has 2 N–H and O–H groups in total. The van der Waals surface area contributed by atoms with Crippen molar-refractivity contribution in [3.8, 4) is 23.8 Å². The van der Waals surface area contributed by atoms with E-state index in [2.05, 4.69) is 21.2 Å². The Morgan fingerprint density at radius 3 is 2.79 bits per heavy atom. The number of ether oxygens (including phenoxy) is 2. The number of anilines is 1. The SMILES string of the molecule is C#CCSc1nc2c(c(=O)[nH]1)C(c1ccc(OCc3ccccc3C)c(OC)c1)CC(=O)N2. The number of methoxy groups -OCH3 is 1. The number of aromatic nitrogens is 2. The normalized spacial score (nSPS) is 14.7. The van der Waals surface area contributed by atoms with Crippen molar-refractivity contribution in [2.75, 3.05) is 18.2 Å². The summed E-state index contributed by atoms with van der Waals surface area (Å²) in [6, 6.07) is 13.5. The maximum Gasteiger partial charge on any atom is 0.257 e. The standard InChI is InChI=1S/C25H23N3O4S/c1-4-11-33-25-27-23-22(24(30)28-25)18(13-21(29)26-23)16-9-10-19(20(12-16)31-3)32-14-17-8-6-5-7-15(17)2/h1,5-10,12,18H,11,13-14H2,2-3H3,(H2,26,27,28,29,30). The lowest BCUT2D eigenvalue weighted by molar-refractivity contribution is -0.116. The Balaban J connectivity index is 1.64. The molecular weight excluding hydrogens is 438 g/mol. The van der Waals surface area contributed by atoms with Crippen LogP contribution in [0, 0.1) is 19.3 Å². The molecule has 0 saturated heterocycles. The number of carbonyl (C=O) groups is 1. The van der Waals surface area contributed by atoms with Gasteiger partial charge in [0.1, 0.15) is 12.4 Å². The molecule has 8 heteroatoms. The fraction of sp³-hybridized carbons (Fsp3) is 0.240. The van der Waals surface area contributed by atoms with Crippen molar-refractivity contribution >= 4 is 23.5 Å². The van der Waals surface area contributed by atoms with Crippen molar-refractivity contribution in [2.24, 2.45) is 0 Å². The molecule has 1 unspecified atom stereocenters. The largest absolute Gasteiger partial charge is 0.493 e. The van der Waals surface area contributed by atoms with E-state index in [4.69, 9.17) is 15.9 Å². The van der Waals surface area contributed by atoms with Crippen molar-refractivity contribution in [3.63, 3.8) is 0 Å². The summed E-state index contributed by atoms with van der Waals surface area (Å²) in [6.07, 6.45) is 5.42. The van der Waals surface area contributed by atoms with Crippen LogP contribution in [0.5, 0.6) is 11.5 Å². The van der Waals surface area contributed by atoms with Gasteiger partial charge in [0, 0.05) is 12.3 Å². The number of terminal acetylenes is 1. The summed E-state index contributed by atoms with van der Waals surface area (Å²) in [5.41, 5.74) is 3.10. The number of fused-ring (bicyclic) bond motifs is 1. The van der Waals surface area contributed by atoms with E-state index >= 15 is 0 Å². The Morgan fingerprint density at radius 2 is 2.03 bits per heavy atom. The van der Waals surface area contributed by atoms with Crippen LogP contribution in [-0.2, 0) is 11.4 Å². The Morgan fingerprint density at radius 1 is 1.21 bits per heavy atom. The number of amides is 1. The molecule has 1 aliphatic rings. The molecule has 0 bridgehead atoms. The van der Waals surface area contributed by atoms with Gasteiger partial charge in [-0.2, -0.15) is 0 Å². The Hall–Kier alpha value is -3.70. The number of aromatic amines is 1. The number of benzene rings is 2. The minimum atomic E-state index is -0.462. The molecule has 3 aromatic rings. The zero-order valence-corrected chi connectivity index (χ0v) is 19.1. The summed E-state index contributed by atoms with van der Waals surface area (Å²) in [5.74, 6) is 3.55. The lowest BCUT2D eigenvalue weighted by Gasteiger charge is -2.25. The van der Waals surface area contributed by atoms with Crippen LogP contribution in [0.15, 0.2) is 52.4 Å². The fourth-order valence-corrected chi connectivity index (χ4v) is 4.30. The maximum absolute atomic E-state index is 12.9. The van der Waals surface area contributed by atoms with Crippen LogP contribution in [0.4, 0.5) is 5.82 Å². The van der Waals surface area contributed by atoms with E-state index in [9.17, 15) is 9.59 Å². The smallest absolute Gasteiger partial charge is 0.257 e. The summed E-state index contributed by atoms with van der Waals surface area (Å²) < 4.78 is 11.6. The average molecular weight is 462 g/mol. The summed E-state index contributed by atoms with van der Waals surface area (Å²) in [7, 11) is 1.56. The zero-order chi connectivity index (χ0) is 23.4. The van der Waals surface area contributed by atoms with Gasteiger partial charge in [-0.1, -0.05) is 48.0 Å². The number of carbonyl (C=O) groups excluding carboxylic acids is 1. The molecule has 7 nitrogen and oxygen atoms in total. The first kappa shape index (κ1) is 22.5. The van der Waals surface area contributed by atoms with Crippen molar-refractivity contribution in [2.45, 2.75) is 31.0 Å². The third kappa shape index (κ3) is 4.89. The topological polar surface area (TPSA) is 93.3 Å². The van der Waals surface area contributed by atoms with Crippen LogP contribution in [0.3, 0.4) is 0 Å². The molecule has 1 aromatic heterocycles. The Kier molecular flexibility index (Phi) is 6.71. The van der Waals surface area contributed by atoms with Gasteiger partial charge in [-0.25, -0.2) is 4.98 Å². The highest BCUT2D eigenvalue weighted by Gasteiger charge is 2.31. The first-order valence-electron chi connectivity index (χ1n) is 10.4. The summed E-state index contributed by atoms with van der Waals surface area (Å²) >= 11 is 1.23. The van der Waals surface area contributed by atoms with E-state index in [1.54, 1.807) is 19.2 Å². The molecular formula is C25H23N3O4S. The molecule has 1 aliphatic heterocycles. The highest BCUT2D eigenvalue weighted by molar-refractivity contribution is 7.99. The number of H-pyrrole nitrogens is 1. The predicted molar refractivity (Wildman–Crippen MR) is 128 cm³/mol. The number of nitrogens with one attached hydrogen (secondary N) is 2. The van der Waals surface area contributed by atoms with Gasteiger partial charge in [-0.15, -0.1) is 6.42 Å². The molecule has 0 spiro atoms. The van der Waals surface area contributed by atoms with Gasteiger partial charge in [0.15, 0.2) is 16.7 Å². The van der Waals surface area contributed by atoms with Crippen molar-refractivity contribution in [1.29, 1.82) is 0 Å². The highest BCUT2D eigenvalue weighted by Crippen LogP contribution is 2.38. The first-order valence-corrected chi connectivity index (χ1v) is 11.3. The molecule has 0 saturated carbocycles. The lowest BCUT2D eigenvalue weighted by Crippen LogP contribution is -2.31. The number of rotatable bonds is 7. The second-order valence-corrected chi connectivity index (χ2v) is 8.52. The minimum Gasteiger partial charge on any atom is -0.493 e. The molecule has 1 amide bonds. The summed E-state index contributed by atoms with van der Waals surface area (Å²) in [4.78, 5) is 32.4. The number of thioether (sulfide) groups is 1. The van der Waals surface area contributed by atoms with Crippen LogP contribution < -0.4 is 20.3 Å². The molecule has 33 heavy (non-hydrogen) atoms. The van der Waals surface area contributed by atoms with E-state index in [1.165, 1.54) is 11.8 Å². The zero-order valence-electron chi connectivity index (χ0n) is 18.3. The quantitative estimate of drug-likeness (QED) is 0.315. The third-order valence-electron chi connectivity index (χ3n) is 5.46. The van der Waals surface area contributed by atoms with Gasteiger partial charge in [0.05, 0.1) is 18.4 Å². The van der Waals surface area contributed by atoms with Gasteiger partial charge in [-0.05, 0) is 35.7 Å². The molecule has 2 heterocycles. The first-order chi connectivity index (χ1) is 16.0. The van der Waals surface area contributed by atoms with E-state index in [-0.39, 0.29) is 23.7 Å². The molecule has 168 valence electrons. The second-order valence-electron chi connectivity index (χ2n) is 7.56. The number of aryl methyl sites for hydroxylation is 1. The highest BCUT2D eigenvalue weighted by atomic mass is 32.2. The molecule has 1 atom stereocenters. The van der Waals surface area contributed by atoms with Gasteiger partial charge in [-0.3, -0.25) is 9.59 Å². The lowest BCUT2D eigenvalue weighted by atomic mass is 9.86. The van der Waals surface area contributed by atoms with E-state index in [1.807, 2.05) is 37.3 Å². The monoisotopic (exact) mass is 461 g/mol. The predicted octanol–water partition coefficient (Wildman–Crippen LogP) is 3.87. The van der Waals surface area contributed by atoms with Crippen LogP contribution in [-0.4, -0.2) is 28.7 Å². The second kappa shape index (κ2) is 9.84. The molecule has 2 aromatic carbocycles. The summed E-state index contributed by atoms with van der Waals surface area (Å²) in [5, 5.41) is 3.08. The van der Waals surface area contributed by atoms with Crippen LogP contribution in [0.2, 0.25) is 0 Å². The van der Waals surface area contributed by atoms with E-state index in [0.717, 1.165) is 16.7 Å². The Labute approximate surface area is 195 Å². The third-order valence-corrected chi connectivity index (χ3v) is 6.23. The average Bonchev–Trinajstić information content (AvgIpc) is 2.81. The fourth-order valence-electron chi connectivity index (χ4n) is 3.76.